The maximum Gasteiger partial charge on any atom is 0.0492 e. The van der Waals surface area contributed by atoms with Gasteiger partial charge in [0, 0.05) is 25.0 Å². The molecule has 1 aromatic rings. The highest BCUT2D eigenvalue weighted by atomic mass is 15.2. The van der Waals surface area contributed by atoms with Gasteiger partial charge in [0.05, 0.1) is 0 Å². The van der Waals surface area contributed by atoms with Crippen LogP contribution in [0.5, 0.6) is 0 Å². The average molecular weight is 291 g/mol. The molecule has 0 spiro atoms. The Bertz CT molecular complexity index is 402. The summed E-state index contributed by atoms with van der Waals surface area (Å²) >= 11 is 0. The van der Waals surface area contributed by atoms with Gasteiger partial charge in [-0.05, 0) is 68.9 Å². The van der Waals surface area contributed by atoms with Crippen LogP contribution in [0.2, 0.25) is 0 Å². The average Bonchev–Trinajstić information content (AvgIpc) is 2.89. The molecule has 1 heterocycles. The molecule has 0 amide bonds. The van der Waals surface area contributed by atoms with Crippen LogP contribution in [0.1, 0.15) is 58.6 Å². The van der Waals surface area contributed by atoms with Gasteiger partial charge in [-0.15, -0.1) is 0 Å². The Morgan fingerprint density at radius 3 is 2.43 bits per heavy atom. The molecule has 120 valence electrons. The van der Waals surface area contributed by atoms with E-state index in [1.165, 1.54) is 37.8 Å². The zero-order chi connectivity index (χ0) is 15.2. The minimum atomic E-state index is 0.679. The van der Waals surface area contributed by atoms with Crippen molar-refractivity contribution >= 4 is 0 Å². The summed E-state index contributed by atoms with van der Waals surface area (Å²) in [4.78, 5) is 0. The number of nitrogens with zero attached hydrogens (tertiary/aromatic N) is 2. The van der Waals surface area contributed by atoms with Crippen LogP contribution in [0.3, 0.4) is 0 Å². The van der Waals surface area contributed by atoms with Crippen LogP contribution in [0, 0.1) is 17.8 Å². The Morgan fingerprint density at radius 1 is 1.24 bits per heavy atom. The van der Waals surface area contributed by atoms with Gasteiger partial charge >= 0.3 is 0 Å². The third kappa shape index (κ3) is 4.57. The fraction of sp³-hybridized carbons (Fsp3) is 0.833. The summed E-state index contributed by atoms with van der Waals surface area (Å²) in [5.74, 6) is 2.69. The normalized spacial score (nSPS) is 24.4. The molecule has 3 heteroatoms. The lowest BCUT2D eigenvalue weighted by atomic mass is 9.74. The zero-order valence-corrected chi connectivity index (χ0v) is 14.3. The summed E-state index contributed by atoms with van der Waals surface area (Å²) in [6.07, 6.45) is 9.96. The minimum absolute atomic E-state index is 0.679. The first kappa shape index (κ1) is 16.5. The summed E-state index contributed by atoms with van der Waals surface area (Å²) in [6.45, 7) is 8.08. The highest BCUT2D eigenvalue weighted by Gasteiger charge is 2.28. The SMILES string of the molecule is CCNC(CCc1ccnn1C)C1CCC(C(C)C)CC1. The summed E-state index contributed by atoms with van der Waals surface area (Å²) in [5.41, 5.74) is 1.36. The molecule has 1 fully saturated rings. The molecule has 1 N–H and O–H groups in total. The molecule has 3 nitrogen and oxygen atoms in total. The molecule has 0 radical (unpaired) electrons. The molecular weight excluding hydrogens is 258 g/mol. The van der Waals surface area contributed by atoms with Gasteiger partial charge in [-0.2, -0.15) is 5.10 Å². The molecule has 2 rings (SSSR count). The molecule has 0 bridgehead atoms. The number of aromatic nitrogens is 2. The number of aryl methyl sites for hydroxylation is 2. The van der Waals surface area contributed by atoms with Crippen LogP contribution >= 0.6 is 0 Å². The Kier molecular flexibility index (Phi) is 6.28. The molecule has 21 heavy (non-hydrogen) atoms. The number of hydrogen-bond donors (Lipinski definition) is 1. The van der Waals surface area contributed by atoms with E-state index in [1.807, 2.05) is 17.9 Å². The molecular formula is C18H33N3. The second-order valence-electron chi connectivity index (χ2n) is 7.07. The smallest absolute Gasteiger partial charge is 0.0492 e. The van der Waals surface area contributed by atoms with Crippen LogP contribution in [-0.4, -0.2) is 22.4 Å². The summed E-state index contributed by atoms with van der Waals surface area (Å²) in [7, 11) is 2.05. The Hall–Kier alpha value is -0.830. The number of rotatable bonds is 7. The highest BCUT2D eigenvalue weighted by molar-refractivity contribution is 5.01. The van der Waals surface area contributed by atoms with E-state index in [9.17, 15) is 0 Å². The summed E-state index contributed by atoms with van der Waals surface area (Å²) in [6, 6.07) is 2.83. The van der Waals surface area contributed by atoms with Crippen molar-refractivity contribution in [2.45, 2.75) is 65.3 Å². The van der Waals surface area contributed by atoms with Crippen molar-refractivity contribution in [3.63, 3.8) is 0 Å². The molecule has 1 aliphatic carbocycles. The monoisotopic (exact) mass is 291 g/mol. The van der Waals surface area contributed by atoms with Gasteiger partial charge < -0.3 is 5.32 Å². The third-order valence-corrected chi connectivity index (χ3v) is 5.43. The van der Waals surface area contributed by atoms with Crippen molar-refractivity contribution in [2.24, 2.45) is 24.8 Å². The lowest BCUT2D eigenvalue weighted by molar-refractivity contribution is 0.184. The van der Waals surface area contributed by atoms with Crippen molar-refractivity contribution in [3.05, 3.63) is 18.0 Å². The molecule has 1 unspecified atom stereocenters. The van der Waals surface area contributed by atoms with Crippen LogP contribution in [0.4, 0.5) is 0 Å². The summed E-state index contributed by atoms with van der Waals surface area (Å²) < 4.78 is 2.01. The van der Waals surface area contributed by atoms with Gasteiger partial charge in [0.2, 0.25) is 0 Å². The van der Waals surface area contributed by atoms with Gasteiger partial charge in [0.1, 0.15) is 0 Å². The predicted molar refractivity (Wildman–Crippen MR) is 89.3 cm³/mol. The second kappa shape index (κ2) is 7.98. The third-order valence-electron chi connectivity index (χ3n) is 5.43. The van der Waals surface area contributed by atoms with E-state index in [0.29, 0.717) is 6.04 Å². The van der Waals surface area contributed by atoms with Crippen LogP contribution in [0.15, 0.2) is 12.3 Å². The van der Waals surface area contributed by atoms with Crippen LogP contribution in [0.25, 0.3) is 0 Å². The second-order valence-corrected chi connectivity index (χ2v) is 7.07. The maximum absolute atomic E-state index is 4.28. The Morgan fingerprint density at radius 2 is 1.90 bits per heavy atom. The topological polar surface area (TPSA) is 29.9 Å². The van der Waals surface area contributed by atoms with E-state index in [0.717, 1.165) is 30.7 Å². The van der Waals surface area contributed by atoms with Gasteiger partial charge in [0.15, 0.2) is 0 Å². The lowest BCUT2D eigenvalue weighted by Crippen LogP contribution is -2.39. The van der Waals surface area contributed by atoms with E-state index < -0.39 is 0 Å². The Labute approximate surface area is 130 Å². The fourth-order valence-corrected chi connectivity index (χ4v) is 3.93. The van der Waals surface area contributed by atoms with Crippen molar-refractivity contribution in [1.82, 2.24) is 15.1 Å². The number of hydrogen-bond acceptors (Lipinski definition) is 2. The predicted octanol–water partition coefficient (Wildman–Crippen LogP) is 3.79. The van der Waals surface area contributed by atoms with Crippen molar-refractivity contribution in [2.75, 3.05) is 6.54 Å². The van der Waals surface area contributed by atoms with E-state index in [2.05, 4.69) is 37.3 Å². The van der Waals surface area contributed by atoms with Gasteiger partial charge in [0.25, 0.3) is 0 Å². The van der Waals surface area contributed by atoms with Gasteiger partial charge in [-0.1, -0.05) is 20.8 Å². The lowest BCUT2D eigenvalue weighted by Gasteiger charge is -2.36. The van der Waals surface area contributed by atoms with Crippen LogP contribution in [-0.2, 0) is 13.5 Å². The highest BCUT2D eigenvalue weighted by Crippen LogP contribution is 2.35. The number of nitrogens with one attached hydrogen (secondary N) is 1. The standard InChI is InChI=1S/C18H33N3/c1-5-19-18(11-10-17-12-13-20-21(17)4)16-8-6-15(7-9-16)14(2)3/h12-16,18-19H,5-11H2,1-4H3. The largest absolute Gasteiger partial charge is 0.314 e. The molecule has 1 saturated carbocycles. The summed E-state index contributed by atoms with van der Waals surface area (Å²) in [5, 5.41) is 8.03. The van der Waals surface area contributed by atoms with E-state index in [-0.39, 0.29) is 0 Å². The molecule has 0 saturated heterocycles. The van der Waals surface area contributed by atoms with Crippen molar-refractivity contribution in [3.8, 4) is 0 Å². The van der Waals surface area contributed by atoms with E-state index >= 15 is 0 Å². The minimum Gasteiger partial charge on any atom is -0.314 e. The van der Waals surface area contributed by atoms with Crippen molar-refractivity contribution < 1.29 is 0 Å². The first-order valence-corrected chi connectivity index (χ1v) is 8.82. The van der Waals surface area contributed by atoms with Crippen LogP contribution < -0.4 is 5.32 Å². The van der Waals surface area contributed by atoms with Gasteiger partial charge in [-0.3, -0.25) is 4.68 Å². The zero-order valence-electron chi connectivity index (χ0n) is 14.3. The Balaban J connectivity index is 1.86. The van der Waals surface area contributed by atoms with E-state index in [1.54, 1.807) is 0 Å². The van der Waals surface area contributed by atoms with E-state index in [4.69, 9.17) is 0 Å². The first-order chi connectivity index (χ1) is 10.1. The first-order valence-electron chi connectivity index (χ1n) is 8.82. The molecule has 0 aliphatic heterocycles. The van der Waals surface area contributed by atoms with Gasteiger partial charge in [-0.25, -0.2) is 0 Å². The maximum atomic E-state index is 4.28. The molecule has 1 atom stereocenters. The quantitative estimate of drug-likeness (QED) is 0.828. The molecule has 0 aromatic carbocycles. The fourth-order valence-electron chi connectivity index (χ4n) is 3.93. The molecule has 1 aliphatic rings. The molecule has 1 aromatic heterocycles. The van der Waals surface area contributed by atoms with Crippen molar-refractivity contribution in [1.29, 1.82) is 0 Å².